The molecule has 0 bridgehead atoms. The van der Waals surface area contributed by atoms with Gasteiger partial charge in [-0.05, 0) is 25.1 Å². The first-order valence-electron chi connectivity index (χ1n) is 4.87. The third-order valence-corrected chi connectivity index (χ3v) is 2.58. The van der Waals surface area contributed by atoms with Gasteiger partial charge in [0.25, 0.3) is 0 Å². The van der Waals surface area contributed by atoms with E-state index in [0.29, 0.717) is 11.1 Å². The summed E-state index contributed by atoms with van der Waals surface area (Å²) in [5.41, 5.74) is 0.922. The van der Waals surface area contributed by atoms with Crippen LogP contribution in [0.1, 0.15) is 16.1 Å². The number of nitrogens with zero attached hydrogens (tertiary/aromatic N) is 1. The number of benzene rings is 1. The smallest absolute Gasteiger partial charge is 0.338 e. The van der Waals surface area contributed by atoms with Crippen LogP contribution in [0, 0.1) is 12.7 Å². The first-order valence-corrected chi connectivity index (χ1v) is 5.25. The number of halogens is 2. The summed E-state index contributed by atoms with van der Waals surface area (Å²) in [6.07, 6.45) is 0. The fourth-order valence-corrected chi connectivity index (χ4v) is 1.86. The van der Waals surface area contributed by atoms with E-state index in [9.17, 15) is 9.18 Å². The average Bonchev–Trinajstić information content (AvgIpc) is 2.28. The Balaban J connectivity index is 2.87. The molecule has 0 saturated heterocycles. The van der Waals surface area contributed by atoms with Crippen LogP contribution >= 0.6 is 11.6 Å². The number of rotatable bonds is 1. The predicted octanol–water partition coefficient (Wildman–Crippen LogP) is 3.12. The topological polar surface area (TPSA) is 39.2 Å². The zero-order chi connectivity index (χ0) is 12.6. The fraction of sp³-hybridized carbons (Fsp3) is 0.167. The zero-order valence-corrected chi connectivity index (χ0v) is 10.0. The van der Waals surface area contributed by atoms with E-state index in [1.54, 1.807) is 13.0 Å². The van der Waals surface area contributed by atoms with Crippen LogP contribution in [0.4, 0.5) is 4.39 Å². The number of methoxy groups -OCH3 is 1. The monoisotopic (exact) mass is 253 g/mol. The molecule has 0 fully saturated rings. The van der Waals surface area contributed by atoms with Crippen molar-refractivity contribution in [2.24, 2.45) is 0 Å². The predicted molar refractivity (Wildman–Crippen MR) is 62.8 cm³/mol. The molecule has 0 radical (unpaired) electrons. The molecule has 3 nitrogen and oxygen atoms in total. The van der Waals surface area contributed by atoms with Gasteiger partial charge in [-0.15, -0.1) is 0 Å². The van der Waals surface area contributed by atoms with Gasteiger partial charge in [0.05, 0.1) is 12.7 Å². The lowest BCUT2D eigenvalue weighted by Crippen LogP contribution is -2.04. The SMILES string of the molecule is COC(=O)c1cc(C)nc2c(F)cc(Cl)cc12. The maximum atomic E-state index is 13.7. The fourth-order valence-electron chi connectivity index (χ4n) is 1.66. The second kappa shape index (κ2) is 4.30. The highest BCUT2D eigenvalue weighted by Crippen LogP contribution is 2.25. The number of hydrogen-bond acceptors (Lipinski definition) is 3. The summed E-state index contributed by atoms with van der Waals surface area (Å²) in [7, 11) is 1.27. The largest absolute Gasteiger partial charge is 0.465 e. The van der Waals surface area contributed by atoms with Crippen molar-refractivity contribution in [1.82, 2.24) is 4.98 Å². The van der Waals surface area contributed by atoms with Crippen molar-refractivity contribution in [2.45, 2.75) is 6.92 Å². The first kappa shape index (κ1) is 11.8. The summed E-state index contributed by atoms with van der Waals surface area (Å²) in [5.74, 6) is -1.09. The molecule has 5 heteroatoms. The molecule has 17 heavy (non-hydrogen) atoms. The van der Waals surface area contributed by atoms with E-state index < -0.39 is 11.8 Å². The third-order valence-electron chi connectivity index (χ3n) is 2.37. The summed E-state index contributed by atoms with van der Waals surface area (Å²) in [5, 5.41) is 0.568. The summed E-state index contributed by atoms with van der Waals surface area (Å²) in [4.78, 5) is 15.6. The van der Waals surface area contributed by atoms with Gasteiger partial charge < -0.3 is 4.74 Å². The molecule has 0 unspecified atom stereocenters. The van der Waals surface area contributed by atoms with E-state index in [1.165, 1.54) is 13.2 Å². The van der Waals surface area contributed by atoms with Gasteiger partial charge >= 0.3 is 5.97 Å². The molecule has 0 N–H and O–H groups in total. The maximum absolute atomic E-state index is 13.7. The summed E-state index contributed by atoms with van der Waals surface area (Å²) in [6, 6.07) is 4.21. The Labute approximate surface area is 102 Å². The van der Waals surface area contributed by atoms with Crippen LogP contribution in [0.15, 0.2) is 18.2 Å². The lowest BCUT2D eigenvalue weighted by Gasteiger charge is -2.07. The lowest BCUT2D eigenvalue weighted by molar-refractivity contribution is 0.0603. The van der Waals surface area contributed by atoms with Crippen molar-refractivity contribution in [3.8, 4) is 0 Å². The van der Waals surface area contributed by atoms with E-state index in [1.807, 2.05) is 0 Å². The van der Waals surface area contributed by atoms with Crippen LogP contribution in [0.5, 0.6) is 0 Å². The number of esters is 1. The van der Waals surface area contributed by atoms with Crippen molar-refractivity contribution in [2.75, 3.05) is 7.11 Å². The normalized spacial score (nSPS) is 10.6. The van der Waals surface area contributed by atoms with Gasteiger partial charge in [-0.3, -0.25) is 0 Å². The van der Waals surface area contributed by atoms with Crippen molar-refractivity contribution < 1.29 is 13.9 Å². The Bertz CT molecular complexity index is 613. The molecule has 1 aromatic carbocycles. The molecule has 2 rings (SSSR count). The van der Waals surface area contributed by atoms with E-state index in [4.69, 9.17) is 11.6 Å². The molecule has 0 saturated carbocycles. The highest BCUT2D eigenvalue weighted by Gasteiger charge is 2.15. The Morgan fingerprint density at radius 2 is 2.12 bits per heavy atom. The second-order valence-corrected chi connectivity index (χ2v) is 4.02. The van der Waals surface area contributed by atoms with Crippen LogP contribution < -0.4 is 0 Å². The van der Waals surface area contributed by atoms with E-state index >= 15 is 0 Å². The highest BCUT2D eigenvalue weighted by molar-refractivity contribution is 6.31. The molecule has 0 aliphatic heterocycles. The van der Waals surface area contributed by atoms with Gasteiger partial charge in [0.15, 0.2) is 5.82 Å². The highest BCUT2D eigenvalue weighted by atomic mass is 35.5. The van der Waals surface area contributed by atoms with E-state index in [0.717, 1.165) is 6.07 Å². The number of carbonyl (C=O) groups is 1. The number of pyridine rings is 1. The molecular weight excluding hydrogens is 245 g/mol. The summed E-state index contributed by atoms with van der Waals surface area (Å²) in [6.45, 7) is 1.68. The van der Waals surface area contributed by atoms with Gasteiger partial charge in [0.1, 0.15) is 5.52 Å². The van der Waals surface area contributed by atoms with E-state index in [2.05, 4.69) is 9.72 Å². The van der Waals surface area contributed by atoms with Crippen LogP contribution in [0.3, 0.4) is 0 Å². The minimum Gasteiger partial charge on any atom is -0.465 e. The molecule has 1 heterocycles. The Morgan fingerprint density at radius 1 is 1.41 bits per heavy atom. The molecule has 0 aliphatic rings. The molecule has 1 aromatic heterocycles. The van der Waals surface area contributed by atoms with Crippen LogP contribution in [-0.4, -0.2) is 18.1 Å². The zero-order valence-electron chi connectivity index (χ0n) is 9.25. The average molecular weight is 254 g/mol. The Hall–Kier alpha value is -1.68. The van der Waals surface area contributed by atoms with E-state index in [-0.39, 0.29) is 16.1 Å². The maximum Gasteiger partial charge on any atom is 0.338 e. The van der Waals surface area contributed by atoms with Crippen molar-refractivity contribution >= 4 is 28.5 Å². The number of fused-ring (bicyclic) bond motifs is 1. The van der Waals surface area contributed by atoms with Crippen molar-refractivity contribution in [1.29, 1.82) is 0 Å². The van der Waals surface area contributed by atoms with Crippen LogP contribution in [0.2, 0.25) is 5.02 Å². The quantitative estimate of drug-likeness (QED) is 0.733. The van der Waals surface area contributed by atoms with Gasteiger partial charge in [-0.1, -0.05) is 11.6 Å². The number of aromatic nitrogens is 1. The van der Waals surface area contributed by atoms with Gasteiger partial charge in [-0.2, -0.15) is 0 Å². The summed E-state index contributed by atoms with van der Waals surface area (Å²) >= 11 is 5.76. The minimum atomic E-state index is -0.554. The summed E-state index contributed by atoms with van der Waals surface area (Å²) < 4.78 is 18.3. The van der Waals surface area contributed by atoms with Crippen LogP contribution in [-0.2, 0) is 4.74 Å². The Kier molecular flexibility index (Phi) is 2.98. The van der Waals surface area contributed by atoms with Crippen LogP contribution in [0.25, 0.3) is 10.9 Å². The van der Waals surface area contributed by atoms with Gasteiger partial charge in [-0.25, -0.2) is 14.2 Å². The molecular formula is C12H9ClFNO2. The van der Waals surface area contributed by atoms with Gasteiger partial charge in [0, 0.05) is 16.1 Å². The Morgan fingerprint density at radius 3 is 2.76 bits per heavy atom. The standard InChI is InChI=1S/C12H9ClFNO2/c1-6-3-9(12(16)17-2)8-4-7(13)5-10(14)11(8)15-6/h3-5H,1-2H3. The van der Waals surface area contributed by atoms with Crippen molar-refractivity contribution in [3.63, 3.8) is 0 Å². The number of carbonyl (C=O) groups excluding carboxylic acids is 1. The first-order chi connectivity index (χ1) is 8.02. The molecule has 0 aliphatic carbocycles. The third kappa shape index (κ3) is 2.08. The minimum absolute atomic E-state index is 0.120. The lowest BCUT2D eigenvalue weighted by atomic mass is 10.1. The molecule has 0 spiro atoms. The number of hydrogen-bond donors (Lipinski definition) is 0. The van der Waals surface area contributed by atoms with Gasteiger partial charge in [0.2, 0.25) is 0 Å². The molecule has 0 atom stereocenters. The molecule has 0 amide bonds. The van der Waals surface area contributed by atoms with Crippen molar-refractivity contribution in [3.05, 3.63) is 40.3 Å². The second-order valence-electron chi connectivity index (χ2n) is 3.59. The molecule has 88 valence electrons. The molecule has 2 aromatic rings. The number of aryl methyl sites for hydroxylation is 1. The number of ether oxygens (including phenoxy) is 1.